The zero-order valence-electron chi connectivity index (χ0n) is 11.8. The fraction of sp³-hybridized carbons (Fsp3) is 0.533. The molecule has 1 unspecified atom stereocenters. The number of piperidine rings is 1. The van der Waals surface area contributed by atoms with Gasteiger partial charge in [0.2, 0.25) is 5.91 Å². The van der Waals surface area contributed by atoms with E-state index in [2.05, 4.69) is 10.2 Å². The molecule has 0 saturated carbocycles. The molecule has 1 N–H and O–H groups in total. The molecule has 0 spiro atoms. The molecule has 20 heavy (non-hydrogen) atoms. The summed E-state index contributed by atoms with van der Waals surface area (Å²) < 4.78 is 4.92. The molecule has 1 aromatic rings. The van der Waals surface area contributed by atoms with Crippen molar-refractivity contribution in [3.63, 3.8) is 0 Å². The van der Waals surface area contributed by atoms with Gasteiger partial charge in [0.15, 0.2) is 0 Å². The first kappa shape index (κ1) is 15.1. The van der Waals surface area contributed by atoms with Gasteiger partial charge in [0, 0.05) is 32.7 Å². The number of benzene rings is 1. The smallest absolute Gasteiger partial charge is 0.222 e. The molecule has 4 nitrogen and oxygen atoms in total. The second-order valence-corrected chi connectivity index (χ2v) is 5.45. The van der Waals surface area contributed by atoms with Crippen molar-refractivity contribution in [1.82, 2.24) is 5.32 Å². The predicted molar refractivity (Wildman–Crippen MR) is 81.3 cm³/mol. The Labute approximate surface area is 125 Å². The van der Waals surface area contributed by atoms with Crippen LogP contribution in [0.1, 0.15) is 19.3 Å². The van der Waals surface area contributed by atoms with Crippen LogP contribution in [-0.2, 0) is 9.53 Å². The van der Waals surface area contributed by atoms with Crippen LogP contribution in [0.2, 0.25) is 5.02 Å². The minimum atomic E-state index is 0.0536. The summed E-state index contributed by atoms with van der Waals surface area (Å²) in [6.45, 7) is 2.25. The maximum atomic E-state index is 11.7. The Morgan fingerprint density at radius 3 is 3.05 bits per heavy atom. The molecule has 5 heteroatoms. The number of nitrogens with one attached hydrogen (secondary N) is 1. The number of hydrogen-bond acceptors (Lipinski definition) is 3. The molecule has 0 aromatic heterocycles. The molecule has 1 heterocycles. The van der Waals surface area contributed by atoms with Gasteiger partial charge in [0.1, 0.15) is 0 Å². The van der Waals surface area contributed by atoms with E-state index in [9.17, 15) is 4.79 Å². The highest BCUT2D eigenvalue weighted by Gasteiger charge is 2.22. The van der Waals surface area contributed by atoms with Crippen LogP contribution in [0.5, 0.6) is 0 Å². The third kappa shape index (κ3) is 4.12. The minimum absolute atomic E-state index is 0.0536. The summed E-state index contributed by atoms with van der Waals surface area (Å²) in [6.07, 6.45) is 2.49. The first-order valence-corrected chi connectivity index (χ1v) is 7.36. The van der Waals surface area contributed by atoms with Crippen LogP contribution in [0.4, 0.5) is 5.69 Å². The van der Waals surface area contributed by atoms with Gasteiger partial charge in [-0.25, -0.2) is 0 Å². The normalized spacial score (nSPS) is 18.9. The number of nitrogens with zero attached hydrogens (tertiary/aromatic N) is 1. The zero-order valence-corrected chi connectivity index (χ0v) is 12.5. The Balaban J connectivity index is 1.92. The zero-order chi connectivity index (χ0) is 14.4. The standard InChI is InChI=1S/C15H21ClN2O2/c1-20-10-8-15(19)17-12-5-4-9-18(11-12)14-7-3-2-6-13(14)16/h2-3,6-7,12H,4-5,8-11H2,1H3,(H,17,19). The lowest BCUT2D eigenvalue weighted by Crippen LogP contribution is -2.48. The average molecular weight is 297 g/mol. The molecular weight excluding hydrogens is 276 g/mol. The van der Waals surface area contributed by atoms with Crippen molar-refractivity contribution in [2.75, 3.05) is 31.7 Å². The van der Waals surface area contributed by atoms with Gasteiger partial charge in [-0.1, -0.05) is 23.7 Å². The van der Waals surface area contributed by atoms with Crippen molar-refractivity contribution in [3.8, 4) is 0 Å². The van der Waals surface area contributed by atoms with E-state index in [1.54, 1.807) is 7.11 Å². The molecule has 1 aliphatic heterocycles. The average Bonchev–Trinajstić information content (AvgIpc) is 2.46. The summed E-state index contributed by atoms with van der Waals surface area (Å²) in [4.78, 5) is 14.0. The third-order valence-electron chi connectivity index (χ3n) is 3.51. The number of rotatable bonds is 5. The number of halogens is 1. The van der Waals surface area contributed by atoms with Crippen molar-refractivity contribution < 1.29 is 9.53 Å². The molecule has 1 saturated heterocycles. The summed E-state index contributed by atoms with van der Waals surface area (Å²) in [7, 11) is 1.60. The lowest BCUT2D eigenvalue weighted by Gasteiger charge is -2.35. The van der Waals surface area contributed by atoms with Crippen LogP contribution in [0, 0.1) is 0 Å². The molecule has 2 rings (SSSR count). The Hall–Kier alpha value is -1.26. The Bertz CT molecular complexity index is 453. The predicted octanol–water partition coefficient (Wildman–Crippen LogP) is 2.46. The van der Waals surface area contributed by atoms with E-state index in [0.717, 1.165) is 36.6 Å². The van der Waals surface area contributed by atoms with E-state index < -0.39 is 0 Å². The molecule has 0 aliphatic carbocycles. The van der Waals surface area contributed by atoms with Crippen LogP contribution >= 0.6 is 11.6 Å². The Morgan fingerprint density at radius 1 is 1.50 bits per heavy atom. The number of ether oxygens (including phenoxy) is 1. The fourth-order valence-corrected chi connectivity index (χ4v) is 2.77. The second kappa shape index (κ2) is 7.50. The lowest BCUT2D eigenvalue weighted by molar-refractivity contribution is -0.122. The summed E-state index contributed by atoms with van der Waals surface area (Å²) >= 11 is 6.23. The molecule has 1 aliphatic rings. The van der Waals surface area contributed by atoms with Gasteiger partial charge in [-0.3, -0.25) is 4.79 Å². The summed E-state index contributed by atoms with van der Waals surface area (Å²) in [5.74, 6) is 0.0536. The van der Waals surface area contributed by atoms with Crippen LogP contribution in [0.15, 0.2) is 24.3 Å². The number of carbonyl (C=O) groups is 1. The molecular formula is C15H21ClN2O2. The van der Waals surface area contributed by atoms with E-state index >= 15 is 0 Å². The fourth-order valence-electron chi connectivity index (χ4n) is 2.52. The van der Waals surface area contributed by atoms with Gasteiger partial charge in [-0.2, -0.15) is 0 Å². The van der Waals surface area contributed by atoms with Gasteiger partial charge in [-0.05, 0) is 25.0 Å². The van der Waals surface area contributed by atoms with E-state index in [1.807, 2.05) is 24.3 Å². The second-order valence-electron chi connectivity index (χ2n) is 5.05. The van der Waals surface area contributed by atoms with Crippen LogP contribution in [-0.4, -0.2) is 38.8 Å². The number of carbonyl (C=O) groups excluding carboxylic acids is 1. The van der Waals surface area contributed by atoms with Gasteiger partial charge >= 0.3 is 0 Å². The molecule has 1 atom stereocenters. The number of anilines is 1. The Kier molecular flexibility index (Phi) is 5.68. The van der Waals surface area contributed by atoms with Crippen molar-refractivity contribution in [3.05, 3.63) is 29.3 Å². The van der Waals surface area contributed by atoms with E-state index in [0.29, 0.717) is 13.0 Å². The summed E-state index contributed by atoms with van der Waals surface area (Å²) in [6, 6.07) is 8.03. The van der Waals surface area contributed by atoms with Gasteiger partial charge < -0.3 is 15.0 Å². The monoisotopic (exact) mass is 296 g/mol. The highest BCUT2D eigenvalue weighted by atomic mass is 35.5. The number of methoxy groups -OCH3 is 1. The van der Waals surface area contributed by atoms with Crippen LogP contribution in [0.3, 0.4) is 0 Å². The highest BCUT2D eigenvalue weighted by Crippen LogP contribution is 2.27. The third-order valence-corrected chi connectivity index (χ3v) is 3.83. The number of para-hydroxylation sites is 1. The molecule has 0 radical (unpaired) electrons. The molecule has 110 valence electrons. The largest absolute Gasteiger partial charge is 0.384 e. The van der Waals surface area contributed by atoms with Gasteiger partial charge in [0.05, 0.1) is 17.3 Å². The van der Waals surface area contributed by atoms with Crippen LogP contribution in [0.25, 0.3) is 0 Å². The summed E-state index contributed by atoms with van der Waals surface area (Å²) in [5.41, 5.74) is 1.05. The first-order chi connectivity index (χ1) is 9.70. The van der Waals surface area contributed by atoms with E-state index in [4.69, 9.17) is 16.3 Å². The van der Waals surface area contributed by atoms with E-state index in [1.165, 1.54) is 0 Å². The van der Waals surface area contributed by atoms with Crippen molar-refractivity contribution >= 4 is 23.2 Å². The molecule has 1 aromatic carbocycles. The van der Waals surface area contributed by atoms with Crippen LogP contribution < -0.4 is 10.2 Å². The quantitative estimate of drug-likeness (QED) is 0.907. The topological polar surface area (TPSA) is 41.6 Å². The van der Waals surface area contributed by atoms with Crippen molar-refractivity contribution in [2.45, 2.75) is 25.3 Å². The number of amides is 1. The SMILES string of the molecule is COCCC(=O)NC1CCCN(c2ccccc2Cl)C1. The maximum absolute atomic E-state index is 11.7. The van der Waals surface area contributed by atoms with Gasteiger partial charge in [-0.15, -0.1) is 0 Å². The maximum Gasteiger partial charge on any atom is 0.222 e. The highest BCUT2D eigenvalue weighted by molar-refractivity contribution is 6.33. The molecule has 0 bridgehead atoms. The minimum Gasteiger partial charge on any atom is -0.384 e. The van der Waals surface area contributed by atoms with Crippen molar-refractivity contribution in [1.29, 1.82) is 0 Å². The summed E-state index contributed by atoms with van der Waals surface area (Å²) in [5, 5.41) is 3.83. The van der Waals surface area contributed by atoms with Crippen molar-refractivity contribution in [2.24, 2.45) is 0 Å². The van der Waals surface area contributed by atoms with Gasteiger partial charge in [0.25, 0.3) is 0 Å². The lowest BCUT2D eigenvalue weighted by atomic mass is 10.0. The number of hydrogen-bond donors (Lipinski definition) is 1. The van der Waals surface area contributed by atoms with E-state index in [-0.39, 0.29) is 11.9 Å². The molecule has 1 amide bonds. The first-order valence-electron chi connectivity index (χ1n) is 6.98. The Morgan fingerprint density at radius 2 is 2.30 bits per heavy atom. The molecule has 1 fully saturated rings.